The highest BCUT2D eigenvalue weighted by molar-refractivity contribution is 5.77. The van der Waals surface area contributed by atoms with Gasteiger partial charge in [0.2, 0.25) is 0 Å². The molecule has 1 heterocycles. The molecular formula is C11H18N4O2. The Morgan fingerprint density at radius 3 is 2.53 bits per heavy atom. The number of aliphatic carboxylic acids is 1. The topological polar surface area (TPSA) is 80.9 Å². The van der Waals surface area contributed by atoms with Crippen molar-refractivity contribution in [3.8, 4) is 0 Å². The van der Waals surface area contributed by atoms with Crippen LogP contribution in [0, 0.1) is 5.41 Å². The quantitative estimate of drug-likeness (QED) is 0.856. The van der Waals surface area contributed by atoms with Crippen molar-refractivity contribution in [2.45, 2.75) is 52.0 Å². The summed E-state index contributed by atoms with van der Waals surface area (Å²) in [5, 5.41) is 20.9. The molecule has 6 heteroatoms. The number of tetrazole rings is 1. The van der Waals surface area contributed by atoms with E-state index in [0.29, 0.717) is 25.1 Å². The molecule has 1 fully saturated rings. The Balaban J connectivity index is 2.33. The number of hydrogen-bond acceptors (Lipinski definition) is 4. The summed E-state index contributed by atoms with van der Waals surface area (Å²) in [7, 11) is 0. The molecule has 0 aliphatic heterocycles. The highest BCUT2D eigenvalue weighted by Gasteiger charge is 2.49. The first kappa shape index (κ1) is 12.0. The van der Waals surface area contributed by atoms with E-state index in [2.05, 4.69) is 36.3 Å². The van der Waals surface area contributed by atoms with Gasteiger partial charge in [0.15, 0.2) is 11.4 Å². The van der Waals surface area contributed by atoms with Crippen LogP contribution in [-0.4, -0.2) is 31.3 Å². The van der Waals surface area contributed by atoms with Gasteiger partial charge >= 0.3 is 5.97 Å². The van der Waals surface area contributed by atoms with Gasteiger partial charge in [0.25, 0.3) is 0 Å². The molecule has 0 atom stereocenters. The smallest absolute Gasteiger partial charge is 0.331 e. The molecule has 0 radical (unpaired) electrons. The normalized spacial score (nSPS) is 18.8. The first-order valence-electron chi connectivity index (χ1n) is 5.86. The van der Waals surface area contributed by atoms with E-state index in [4.69, 9.17) is 0 Å². The SMILES string of the molecule is CC(C)(C)Cc1nnnn1C1(C(=O)O)CCC1. The Bertz CT molecular complexity index is 429. The molecule has 6 nitrogen and oxygen atoms in total. The number of carboxylic acids is 1. The van der Waals surface area contributed by atoms with E-state index in [1.807, 2.05) is 0 Å². The van der Waals surface area contributed by atoms with E-state index in [1.54, 1.807) is 0 Å². The minimum atomic E-state index is -0.899. The van der Waals surface area contributed by atoms with Crippen molar-refractivity contribution >= 4 is 5.97 Å². The van der Waals surface area contributed by atoms with Gasteiger partial charge < -0.3 is 5.11 Å². The lowest BCUT2D eigenvalue weighted by atomic mass is 9.76. The third-order valence-corrected chi connectivity index (χ3v) is 3.21. The Morgan fingerprint density at radius 1 is 1.47 bits per heavy atom. The van der Waals surface area contributed by atoms with E-state index in [0.717, 1.165) is 6.42 Å². The first-order valence-corrected chi connectivity index (χ1v) is 5.86. The Kier molecular flexibility index (Phi) is 2.67. The van der Waals surface area contributed by atoms with Gasteiger partial charge in [-0.2, -0.15) is 0 Å². The third kappa shape index (κ3) is 2.03. The van der Waals surface area contributed by atoms with E-state index in [1.165, 1.54) is 4.68 Å². The summed E-state index contributed by atoms with van der Waals surface area (Å²) in [6.07, 6.45) is 2.82. The lowest BCUT2D eigenvalue weighted by Crippen LogP contribution is -2.49. The number of nitrogens with zero attached hydrogens (tertiary/aromatic N) is 4. The van der Waals surface area contributed by atoms with Crippen molar-refractivity contribution in [3.05, 3.63) is 5.82 Å². The van der Waals surface area contributed by atoms with Crippen LogP contribution in [0.2, 0.25) is 0 Å². The standard InChI is InChI=1S/C11H18N4O2/c1-10(2,3)7-8-12-13-14-15(8)11(9(16)17)5-4-6-11/h4-7H2,1-3H3,(H,16,17). The summed E-state index contributed by atoms with van der Waals surface area (Å²) in [4.78, 5) is 11.4. The molecule has 0 aromatic carbocycles. The fourth-order valence-corrected chi connectivity index (χ4v) is 2.15. The van der Waals surface area contributed by atoms with Crippen LogP contribution in [0.3, 0.4) is 0 Å². The summed E-state index contributed by atoms with van der Waals surface area (Å²) < 4.78 is 1.52. The van der Waals surface area contributed by atoms with Gasteiger partial charge in [-0.3, -0.25) is 0 Å². The maximum atomic E-state index is 11.4. The average Bonchev–Trinajstić information content (AvgIpc) is 2.47. The molecular weight excluding hydrogens is 220 g/mol. The number of carbonyl (C=O) groups is 1. The molecule has 0 saturated heterocycles. The van der Waals surface area contributed by atoms with E-state index in [9.17, 15) is 9.90 Å². The van der Waals surface area contributed by atoms with Crippen molar-refractivity contribution in [1.29, 1.82) is 0 Å². The molecule has 1 N–H and O–H groups in total. The van der Waals surface area contributed by atoms with Crippen LogP contribution < -0.4 is 0 Å². The second kappa shape index (κ2) is 3.78. The summed E-state index contributed by atoms with van der Waals surface area (Å²) in [5.41, 5.74) is -0.861. The predicted octanol–water partition coefficient (Wildman–Crippen LogP) is 1.23. The lowest BCUT2D eigenvalue weighted by molar-refractivity contribution is -0.153. The zero-order valence-electron chi connectivity index (χ0n) is 10.5. The van der Waals surface area contributed by atoms with Crippen molar-refractivity contribution in [3.63, 3.8) is 0 Å². The minimum absolute atomic E-state index is 0.0376. The predicted molar refractivity (Wildman–Crippen MR) is 60.4 cm³/mol. The minimum Gasteiger partial charge on any atom is -0.479 e. The summed E-state index contributed by atoms with van der Waals surface area (Å²) in [6, 6.07) is 0. The fraction of sp³-hybridized carbons (Fsp3) is 0.818. The monoisotopic (exact) mass is 238 g/mol. The summed E-state index contributed by atoms with van der Waals surface area (Å²) in [5.74, 6) is -0.161. The molecule has 2 rings (SSSR count). The summed E-state index contributed by atoms with van der Waals surface area (Å²) in [6.45, 7) is 6.25. The summed E-state index contributed by atoms with van der Waals surface area (Å²) >= 11 is 0. The van der Waals surface area contributed by atoms with Gasteiger partial charge in [-0.25, -0.2) is 9.48 Å². The van der Waals surface area contributed by atoms with Gasteiger partial charge in [0.1, 0.15) is 0 Å². The average molecular weight is 238 g/mol. The van der Waals surface area contributed by atoms with Crippen LogP contribution in [-0.2, 0) is 16.8 Å². The van der Waals surface area contributed by atoms with Gasteiger partial charge in [-0.1, -0.05) is 20.8 Å². The van der Waals surface area contributed by atoms with Crippen LogP contribution in [0.4, 0.5) is 0 Å². The Hall–Kier alpha value is -1.46. The Morgan fingerprint density at radius 2 is 2.12 bits per heavy atom. The molecule has 94 valence electrons. The van der Waals surface area contributed by atoms with Gasteiger partial charge in [-0.05, 0) is 35.1 Å². The number of hydrogen-bond donors (Lipinski definition) is 1. The van der Waals surface area contributed by atoms with Crippen LogP contribution >= 0.6 is 0 Å². The zero-order chi connectivity index (χ0) is 12.7. The molecule has 0 unspecified atom stereocenters. The van der Waals surface area contributed by atoms with Crippen LogP contribution in [0.1, 0.15) is 45.9 Å². The molecule has 1 saturated carbocycles. The molecule has 17 heavy (non-hydrogen) atoms. The number of carboxylic acid groups (broad SMARTS) is 1. The first-order chi connectivity index (χ1) is 7.85. The third-order valence-electron chi connectivity index (χ3n) is 3.21. The van der Waals surface area contributed by atoms with Crippen LogP contribution in [0.25, 0.3) is 0 Å². The molecule has 1 aromatic rings. The zero-order valence-corrected chi connectivity index (χ0v) is 10.5. The van der Waals surface area contributed by atoms with E-state index in [-0.39, 0.29) is 5.41 Å². The second-order valence-corrected chi connectivity index (χ2v) is 5.93. The number of aromatic nitrogens is 4. The van der Waals surface area contributed by atoms with Crippen LogP contribution in [0.5, 0.6) is 0 Å². The lowest BCUT2D eigenvalue weighted by Gasteiger charge is -2.38. The number of rotatable bonds is 3. The highest BCUT2D eigenvalue weighted by atomic mass is 16.4. The van der Waals surface area contributed by atoms with Gasteiger partial charge in [-0.15, -0.1) is 5.10 Å². The van der Waals surface area contributed by atoms with E-state index < -0.39 is 11.5 Å². The second-order valence-electron chi connectivity index (χ2n) is 5.93. The largest absolute Gasteiger partial charge is 0.479 e. The highest BCUT2D eigenvalue weighted by Crippen LogP contribution is 2.39. The molecule has 0 amide bonds. The molecule has 0 bridgehead atoms. The maximum absolute atomic E-state index is 11.4. The van der Waals surface area contributed by atoms with Crippen molar-refractivity contribution in [2.75, 3.05) is 0 Å². The molecule has 0 spiro atoms. The molecule has 1 aromatic heterocycles. The van der Waals surface area contributed by atoms with Gasteiger partial charge in [0, 0.05) is 6.42 Å². The van der Waals surface area contributed by atoms with Gasteiger partial charge in [0.05, 0.1) is 0 Å². The van der Waals surface area contributed by atoms with Crippen molar-refractivity contribution in [1.82, 2.24) is 20.2 Å². The molecule has 1 aliphatic rings. The van der Waals surface area contributed by atoms with Crippen LogP contribution in [0.15, 0.2) is 0 Å². The van der Waals surface area contributed by atoms with E-state index >= 15 is 0 Å². The maximum Gasteiger partial charge on any atom is 0.331 e. The fourth-order valence-electron chi connectivity index (χ4n) is 2.15. The van der Waals surface area contributed by atoms with Crippen molar-refractivity contribution < 1.29 is 9.90 Å². The Labute approximate surface area is 100 Å². The molecule has 1 aliphatic carbocycles. The van der Waals surface area contributed by atoms with Crippen molar-refractivity contribution in [2.24, 2.45) is 5.41 Å².